The van der Waals surface area contributed by atoms with Crippen molar-refractivity contribution < 1.29 is 24.1 Å². The molecule has 0 radical (unpaired) electrons. The standard InChI is InChI=1S/C16H15ClF3IO3S/c17-12-11-15(18)16(19,20)25(22,23)24-21(13-7-3-1-4-8-13)14-9-5-2-6-10-14/h1-10,15H,11-12H2. The van der Waals surface area contributed by atoms with Crippen LogP contribution in [0, 0.1) is 7.14 Å². The molecule has 25 heavy (non-hydrogen) atoms. The number of halogens is 5. The molecule has 0 aliphatic rings. The van der Waals surface area contributed by atoms with Gasteiger partial charge in [-0.2, -0.15) is 0 Å². The zero-order valence-electron chi connectivity index (χ0n) is 12.8. The Kier molecular flexibility index (Phi) is 7.12. The summed E-state index contributed by atoms with van der Waals surface area (Å²) in [5, 5.41) is -4.67. The number of alkyl halides is 4. The van der Waals surface area contributed by atoms with Gasteiger partial charge in [0.05, 0.1) is 0 Å². The van der Waals surface area contributed by atoms with Crippen molar-refractivity contribution in [3.63, 3.8) is 0 Å². The van der Waals surface area contributed by atoms with Crippen LogP contribution in [0.1, 0.15) is 6.42 Å². The first kappa shape index (κ1) is 20.5. The molecule has 2 rings (SSSR count). The summed E-state index contributed by atoms with van der Waals surface area (Å²) < 4.78 is 71.9. The van der Waals surface area contributed by atoms with Crippen molar-refractivity contribution in [3.05, 3.63) is 67.8 Å². The third-order valence-corrected chi connectivity index (χ3v) is 10.7. The van der Waals surface area contributed by atoms with Crippen LogP contribution in [-0.2, 0) is 12.6 Å². The molecule has 0 fully saturated rings. The van der Waals surface area contributed by atoms with Crippen LogP contribution in [0.3, 0.4) is 0 Å². The fourth-order valence-electron chi connectivity index (χ4n) is 1.80. The number of hydrogen-bond donors (Lipinski definition) is 0. The molecule has 1 atom stereocenters. The van der Waals surface area contributed by atoms with Crippen molar-refractivity contribution in [2.45, 2.75) is 17.8 Å². The molecular formula is C16H15ClF3IO3S. The van der Waals surface area contributed by atoms with E-state index in [0.717, 1.165) is 0 Å². The van der Waals surface area contributed by atoms with E-state index in [1.165, 1.54) is 0 Å². The molecular weight excluding hydrogens is 492 g/mol. The molecule has 3 nitrogen and oxygen atoms in total. The normalized spacial score (nSPS) is 14.2. The van der Waals surface area contributed by atoms with Crippen molar-refractivity contribution in [2.75, 3.05) is 5.88 Å². The maximum atomic E-state index is 14.1. The zero-order chi connectivity index (χ0) is 18.5. The first-order valence-corrected chi connectivity index (χ1v) is 12.1. The molecule has 2 aromatic rings. The summed E-state index contributed by atoms with van der Waals surface area (Å²) in [4.78, 5) is 0. The summed E-state index contributed by atoms with van der Waals surface area (Å²) in [5.74, 6) is -0.425. The van der Waals surface area contributed by atoms with Crippen LogP contribution in [0.5, 0.6) is 0 Å². The topological polar surface area (TPSA) is 43.4 Å². The molecule has 0 N–H and O–H groups in total. The number of rotatable bonds is 8. The van der Waals surface area contributed by atoms with Crippen molar-refractivity contribution in [3.8, 4) is 0 Å². The van der Waals surface area contributed by atoms with Crippen LogP contribution in [-0.4, -0.2) is 25.7 Å². The average molecular weight is 507 g/mol. The van der Waals surface area contributed by atoms with Crippen LogP contribution in [0.4, 0.5) is 13.2 Å². The third kappa shape index (κ3) is 4.87. The molecule has 138 valence electrons. The van der Waals surface area contributed by atoms with Gasteiger partial charge >= 0.3 is 158 Å². The van der Waals surface area contributed by atoms with E-state index in [4.69, 9.17) is 14.1 Å². The van der Waals surface area contributed by atoms with E-state index in [1.54, 1.807) is 60.7 Å². The van der Waals surface area contributed by atoms with Gasteiger partial charge in [0.15, 0.2) is 0 Å². The van der Waals surface area contributed by atoms with Crippen LogP contribution >= 0.6 is 31.8 Å². The monoisotopic (exact) mass is 506 g/mol. The van der Waals surface area contributed by atoms with Crippen molar-refractivity contribution >= 4 is 42.0 Å². The molecule has 0 saturated carbocycles. The fourth-order valence-corrected chi connectivity index (χ4v) is 9.06. The van der Waals surface area contributed by atoms with Gasteiger partial charge in [-0.1, -0.05) is 0 Å². The molecule has 1 unspecified atom stereocenters. The van der Waals surface area contributed by atoms with E-state index < -0.39 is 54.1 Å². The van der Waals surface area contributed by atoms with Crippen molar-refractivity contribution in [1.29, 1.82) is 0 Å². The molecule has 0 spiro atoms. The van der Waals surface area contributed by atoms with Crippen LogP contribution in [0.2, 0.25) is 0 Å². The van der Waals surface area contributed by atoms with E-state index in [-0.39, 0.29) is 0 Å². The van der Waals surface area contributed by atoms with Gasteiger partial charge in [0.2, 0.25) is 0 Å². The Bertz CT molecular complexity index is 736. The predicted molar refractivity (Wildman–Crippen MR) is 99.5 cm³/mol. The summed E-state index contributed by atoms with van der Waals surface area (Å²) >= 11 is 2.03. The van der Waals surface area contributed by atoms with E-state index >= 15 is 0 Å². The predicted octanol–water partition coefficient (Wildman–Crippen LogP) is 5.05. The van der Waals surface area contributed by atoms with Gasteiger partial charge in [-0.15, -0.1) is 0 Å². The van der Waals surface area contributed by atoms with E-state index in [0.29, 0.717) is 7.14 Å². The molecule has 0 aromatic heterocycles. The summed E-state index contributed by atoms with van der Waals surface area (Å²) in [7, 11) is -5.47. The van der Waals surface area contributed by atoms with E-state index in [2.05, 4.69) is 0 Å². The molecule has 0 aliphatic carbocycles. The number of hydrogen-bond acceptors (Lipinski definition) is 3. The Hall–Kier alpha value is -0.840. The molecule has 0 bridgehead atoms. The van der Waals surface area contributed by atoms with Gasteiger partial charge < -0.3 is 0 Å². The van der Waals surface area contributed by atoms with E-state index in [9.17, 15) is 21.6 Å². The summed E-state index contributed by atoms with van der Waals surface area (Å²) in [6.45, 7) is 0. The van der Waals surface area contributed by atoms with Crippen LogP contribution < -0.4 is 0 Å². The second kappa shape index (κ2) is 8.70. The fraction of sp³-hybridized carbons (Fsp3) is 0.250. The van der Waals surface area contributed by atoms with Crippen molar-refractivity contribution in [2.24, 2.45) is 0 Å². The van der Waals surface area contributed by atoms with Crippen molar-refractivity contribution in [1.82, 2.24) is 0 Å². The SMILES string of the molecule is O=S(=O)(OI(c1ccccc1)c1ccccc1)C(F)(F)C(F)CCCl. The van der Waals surface area contributed by atoms with E-state index in [1.807, 2.05) is 0 Å². The van der Waals surface area contributed by atoms with Crippen LogP contribution in [0.15, 0.2) is 60.7 Å². The van der Waals surface area contributed by atoms with Gasteiger partial charge in [-0.05, 0) is 0 Å². The summed E-state index contributed by atoms with van der Waals surface area (Å²) in [6.07, 6.45) is -3.72. The first-order chi connectivity index (χ1) is 11.8. The molecule has 2 aromatic carbocycles. The molecule has 0 heterocycles. The summed E-state index contributed by atoms with van der Waals surface area (Å²) in [5.41, 5.74) is 0. The minimum atomic E-state index is -5.47. The van der Waals surface area contributed by atoms with Gasteiger partial charge in [0.1, 0.15) is 0 Å². The second-order valence-corrected chi connectivity index (χ2v) is 11.8. The molecule has 0 aliphatic heterocycles. The van der Waals surface area contributed by atoms with Crippen LogP contribution in [0.25, 0.3) is 0 Å². The average Bonchev–Trinajstić information content (AvgIpc) is 2.61. The Labute approximate surface area is 157 Å². The Balaban J connectivity index is 2.40. The second-order valence-electron chi connectivity index (χ2n) is 4.86. The molecule has 9 heteroatoms. The Morgan fingerprint density at radius 3 is 1.84 bits per heavy atom. The van der Waals surface area contributed by atoms with Gasteiger partial charge in [0.25, 0.3) is 0 Å². The Morgan fingerprint density at radius 2 is 1.44 bits per heavy atom. The van der Waals surface area contributed by atoms with Gasteiger partial charge in [0, 0.05) is 0 Å². The maximum absolute atomic E-state index is 14.1. The van der Waals surface area contributed by atoms with Gasteiger partial charge in [-0.25, -0.2) is 0 Å². The number of benzene rings is 2. The molecule has 0 amide bonds. The Morgan fingerprint density at radius 1 is 1.00 bits per heavy atom. The quantitative estimate of drug-likeness (QED) is 0.372. The minimum absolute atomic E-state index is 0.425. The van der Waals surface area contributed by atoms with Gasteiger partial charge in [-0.3, -0.25) is 0 Å². The zero-order valence-corrected chi connectivity index (χ0v) is 16.5. The summed E-state index contributed by atoms with van der Waals surface area (Å²) in [6, 6.07) is 16.5. The third-order valence-electron chi connectivity index (χ3n) is 3.07. The molecule has 0 saturated heterocycles. The first-order valence-electron chi connectivity index (χ1n) is 7.12.